The average Bonchev–Trinajstić information content (AvgIpc) is 2.80. The zero-order valence-corrected chi connectivity index (χ0v) is 11.5. The van der Waals surface area contributed by atoms with Crippen LogP contribution in [0.15, 0.2) is 51.8 Å². The number of thioether (sulfide) groups is 1. The van der Waals surface area contributed by atoms with E-state index in [9.17, 15) is 0 Å². The molecule has 3 rings (SSSR count). The molecule has 0 fully saturated rings. The van der Waals surface area contributed by atoms with Gasteiger partial charge in [-0.1, -0.05) is 29.8 Å². The molecule has 0 saturated carbocycles. The number of nitrogens with zero attached hydrogens (tertiary/aromatic N) is 1. The lowest BCUT2D eigenvalue weighted by atomic mass is 10.3. The Balaban J connectivity index is 1.82. The van der Waals surface area contributed by atoms with E-state index in [1.165, 1.54) is 4.90 Å². The molecule has 0 radical (unpaired) electrons. The lowest BCUT2D eigenvalue weighted by Crippen LogP contribution is -1.84. The van der Waals surface area contributed by atoms with Crippen LogP contribution in [0.3, 0.4) is 0 Å². The largest absolute Gasteiger partial charge is 0.440 e. The van der Waals surface area contributed by atoms with Gasteiger partial charge in [-0.2, -0.15) is 0 Å². The van der Waals surface area contributed by atoms with Crippen molar-refractivity contribution in [2.45, 2.75) is 10.6 Å². The number of halogens is 1. The molecule has 0 saturated heterocycles. The fourth-order valence-corrected chi connectivity index (χ4v) is 2.66. The standard InChI is InChI=1S/C14H11ClN2OS/c15-10-6-12-13(7-11(10)16)18-14(17-12)8-19-9-4-2-1-3-5-9/h1-7H,8,16H2. The molecule has 0 atom stereocenters. The Bertz CT molecular complexity index is 673. The van der Waals surface area contributed by atoms with Gasteiger partial charge in [-0.3, -0.25) is 0 Å². The van der Waals surface area contributed by atoms with Gasteiger partial charge in [0, 0.05) is 11.0 Å². The van der Waals surface area contributed by atoms with Crippen molar-refractivity contribution < 1.29 is 4.42 Å². The second-order valence-electron chi connectivity index (χ2n) is 4.05. The first-order chi connectivity index (χ1) is 9.22. The third-order valence-corrected chi connectivity index (χ3v) is 3.98. The number of nitrogen functional groups attached to an aromatic ring is 1. The predicted molar refractivity (Wildman–Crippen MR) is 79.4 cm³/mol. The Morgan fingerprint density at radius 2 is 2.00 bits per heavy atom. The minimum Gasteiger partial charge on any atom is -0.440 e. The maximum absolute atomic E-state index is 5.96. The first-order valence-corrected chi connectivity index (χ1v) is 7.11. The van der Waals surface area contributed by atoms with E-state index in [-0.39, 0.29) is 0 Å². The van der Waals surface area contributed by atoms with Crippen LogP contribution < -0.4 is 5.73 Å². The predicted octanol–water partition coefficient (Wildman–Crippen LogP) is 4.36. The third kappa shape index (κ3) is 2.69. The molecule has 0 amide bonds. The minimum atomic E-state index is 0.503. The Hall–Kier alpha value is -1.65. The molecule has 19 heavy (non-hydrogen) atoms. The quantitative estimate of drug-likeness (QED) is 0.575. The number of nitrogens with two attached hydrogens (primary N) is 1. The van der Waals surface area contributed by atoms with Crippen LogP contribution in [-0.2, 0) is 5.75 Å². The van der Waals surface area contributed by atoms with Gasteiger partial charge in [0.2, 0.25) is 5.89 Å². The normalized spacial score (nSPS) is 11.0. The number of hydrogen-bond donors (Lipinski definition) is 1. The molecule has 5 heteroatoms. The Kier molecular flexibility index (Phi) is 3.36. The number of fused-ring (bicyclic) bond motifs is 1. The molecular weight excluding hydrogens is 280 g/mol. The highest BCUT2D eigenvalue weighted by Gasteiger charge is 2.09. The van der Waals surface area contributed by atoms with E-state index in [4.69, 9.17) is 21.8 Å². The second-order valence-corrected chi connectivity index (χ2v) is 5.51. The van der Waals surface area contributed by atoms with Crippen LogP contribution in [0.1, 0.15) is 5.89 Å². The van der Waals surface area contributed by atoms with Crippen molar-refractivity contribution in [1.82, 2.24) is 4.98 Å². The number of hydrogen-bond acceptors (Lipinski definition) is 4. The fourth-order valence-electron chi connectivity index (χ4n) is 1.74. The molecule has 1 aromatic heterocycles. The summed E-state index contributed by atoms with van der Waals surface area (Å²) in [5.74, 6) is 1.35. The van der Waals surface area contributed by atoms with Gasteiger partial charge < -0.3 is 10.2 Å². The molecule has 1 heterocycles. The Morgan fingerprint density at radius 1 is 1.21 bits per heavy atom. The summed E-state index contributed by atoms with van der Waals surface area (Å²) in [6.07, 6.45) is 0. The number of rotatable bonds is 3. The van der Waals surface area contributed by atoms with Crippen molar-refractivity contribution in [3.05, 3.63) is 53.4 Å². The maximum Gasteiger partial charge on any atom is 0.205 e. The van der Waals surface area contributed by atoms with E-state index in [2.05, 4.69) is 17.1 Å². The fraction of sp³-hybridized carbons (Fsp3) is 0.0714. The lowest BCUT2D eigenvalue weighted by molar-refractivity contribution is 0.556. The van der Waals surface area contributed by atoms with E-state index in [1.807, 2.05) is 18.2 Å². The molecule has 2 aromatic carbocycles. The summed E-state index contributed by atoms with van der Waals surface area (Å²) in [6, 6.07) is 13.6. The zero-order valence-electron chi connectivity index (χ0n) is 9.97. The second kappa shape index (κ2) is 5.15. The summed E-state index contributed by atoms with van der Waals surface area (Å²) in [4.78, 5) is 5.58. The van der Waals surface area contributed by atoms with Crippen LogP contribution >= 0.6 is 23.4 Å². The van der Waals surface area contributed by atoms with Gasteiger partial charge in [0.15, 0.2) is 5.58 Å². The molecule has 96 valence electrons. The van der Waals surface area contributed by atoms with E-state index in [0.717, 1.165) is 5.52 Å². The van der Waals surface area contributed by atoms with Crippen molar-refractivity contribution in [3.8, 4) is 0 Å². The summed E-state index contributed by atoms with van der Waals surface area (Å²) in [5.41, 5.74) is 7.65. The van der Waals surface area contributed by atoms with Crippen LogP contribution in [0, 0.1) is 0 Å². The Labute approximate surface area is 119 Å². The summed E-state index contributed by atoms with van der Waals surface area (Å²) in [6.45, 7) is 0. The van der Waals surface area contributed by atoms with Crippen molar-refractivity contribution in [3.63, 3.8) is 0 Å². The van der Waals surface area contributed by atoms with Crippen LogP contribution in [0.4, 0.5) is 5.69 Å². The topological polar surface area (TPSA) is 52.0 Å². The Morgan fingerprint density at radius 3 is 2.79 bits per heavy atom. The third-order valence-electron chi connectivity index (χ3n) is 2.66. The van der Waals surface area contributed by atoms with Crippen LogP contribution in [0.5, 0.6) is 0 Å². The molecular formula is C14H11ClN2OS. The van der Waals surface area contributed by atoms with Gasteiger partial charge in [0.25, 0.3) is 0 Å². The summed E-state index contributed by atoms with van der Waals surface area (Å²) < 4.78 is 5.66. The van der Waals surface area contributed by atoms with E-state index >= 15 is 0 Å². The maximum atomic E-state index is 5.96. The number of benzene rings is 2. The highest BCUT2D eigenvalue weighted by Crippen LogP contribution is 2.28. The highest BCUT2D eigenvalue weighted by atomic mass is 35.5. The molecule has 2 N–H and O–H groups in total. The van der Waals surface area contributed by atoms with E-state index in [1.54, 1.807) is 23.9 Å². The van der Waals surface area contributed by atoms with Crippen LogP contribution in [-0.4, -0.2) is 4.98 Å². The van der Waals surface area contributed by atoms with E-state index < -0.39 is 0 Å². The molecule has 0 bridgehead atoms. The molecule has 0 spiro atoms. The molecule has 3 aromatic rings. The molecule has 0 aliphatic heterocycles. The van der Waals surface area contributed by atoms with Gasteiger partial charge in [-0.25, -0.2) is 4.98 Å². The number of anilines is 1. The highest BCUT2D eigenvalue weighted by molar-refractivity contribution is 7.98. The summed E-state index contributed by atoms with van der Waals surface area (Å²) in [5, 5.41) is 0.503. The van der Waals surface area contributed by atoms with Crippen molar-refractivity contribution in [2.75, 3.05) is 5.73 Å². The average molecular weight is 291 g/mol. The van der Waals surface area contributed by atoms with Gasteiger partial charge in [-0.15, -0.1) is 11.8 Å². The van der Waals surface area contributed by atoms with Gasteiger partial charge in [0.1, 0.15) is 5.52 Å². The summed E-state index contributed by atoms with van der Waals surface area (Å²) in [7, 11) is 0. The van der Waals surface area contributed by atoms with Crippen LogP contribution in [0.25, 0.3) is 11.1 Å². The summed E-state index contributed by atoms with van der Waals surface area (Å²) >= 11 is 7.63. The molecule has 0 aliphatic carbocycles. The molecule has 3 nitrogen and oxygen atoms in total. The van der Waals surface area contributed by atoms with Crippen molar-refractivity contribution >= 4 is 40.1 Å². The number of aromatic nitrogens is 1. The van der Waals surface area contributed by atoms with Crippen LogP contribution in [0.2, 0.25) is 5.02 Å². The SMILES string of the molecule is Nc1cc2oc(CSc3ccccc3)nc2cc1Cl. The minimum absolute atomic E-state index is 0.503. The van der Waals surface area contributed by atoms with Gasteiger partial charge in [-0.05, 0) is 18.2 Å². The monoisotopic (exact) mass is 290 g/mol. The molecule has 0 aliphatic rings. The zero-order chi connectivity index (χ0) is 13.2. The van der Waals surface area contributed by atoms with E-state index in [0.29, 0.717) is 27.9 Å². The molecule has 0 unspecified atom stereocenters. The number of oxazole rings is 1. The first-order valence-electron chi connectivity index (χ1n) is 5.74. The van der Waals surface area contributed by atoms with Crippen molar-refractivity contribution in [2.24, 2.45) is 0 Å². The van der Waals surface area contributed by atoms with Gasteiger partial charge in [0.05, 0.1) is 16.5 Å². The first kappa shape index (κ1) is 12.4. The van der Waals surface area contributed by atoms with Gasteiger partial charge >= 0.3 is 0 Å². The lowest BCUT2D eigenvalue weighted by Gasteiger charge is -1.96. The smallest absolute Gasteiger partial charge is 0.205 e. The van der Waals surface area contributed by atoms with Crippen molar-refractivity contribution in [1.29, 1.82) is 0 Å².